The monoisotopic (exact) mass is 569 g/mol. The van der Waals surface area contributed by atoms with Gasteiger partial charge in [-0.25, -0.2) is 9.67 Å². The fourth-order valence-corrected chi connectivity index (χ4v) is 4.72. The number of alkyl halides is 3. The van der Waals surface area contributed by atoms with Crippen molar-refractivity contribution in [2.24, 2.45) is 0 Å². The van der Waals surface area contributed by atoms with Gasteiger partial charge >= 0.3 is 6.18 Å². The molecule has 0 aliphatic heterocycles. The van der Waals surface area contributed by atoms with Crippen molar-refractivity contribution in [1.82, 2.24) is 24.3 Å². The number of rotatable bonds is 7. The van der Waals surface area contributed by atoms with Crippen LogP contribution in [-0.2, 0) is 25.9 Å². The minimum atomic E-state index is -4.78. The lowest BCUT2D eigenvalue weighted by Crippen LogP contribution is -2.29. The Balaban J connectivity index is 1.51. The molecule has 5 aromatic rings. The molecule has 0 unspecified atom stereocenters. The van der Waals surface area contributed by atoms with Crippen molar-refractivity contribution in [2.45, 2.75) is 39.8 Å². The molecule has 0 saturated heterocycles. The molecular formula is C28H23ClF3N5O3. The van der Waals surface area contributed by atoms with Crippen molar-refractivity contribution < 1.29 is 23.0 Å². The van der Waals surface area contributed by atoms with E-state index in [1.807, 2.05) is 19.1 Å². The van der Waals surface area contributed by atoms with Crippen molar-refractivity contribution in [1.29, 1.82) is 0 Å². The highest BCUT2D eigenvalue weighted by molar-refractivity contribution is 6.31. The number of pyridine rings is 3. The zero-order valence-corrected chi connectivity index (χ0v) is 22.2. The number of halogens is 4. The van der Waals surface area contributed by atoms with Gasteiger partial charge in [0, 0.05) is 40.3 Å². The Labute approximate surface area is 231 Å². The maximum Gasteiger partial charge on any atom is 0.421 e. The highest BCUT2D eigenvalue weighted by Crippen LogP contribution is 2.31. The topological polar surface area (TPSA) is 95.1 Å². The first kappa shape index (κ1) is 27.4. The van der Waals surface area contributed by atoms with Crippen LogP contribution in [0, 0.1) is 13.8 Å². The number of hydrogen-bond acceptors (Lipinski definition) is 6. The van der Waals surface area contributed by atoms with E-state index in [-0.39, 0.29) is 19.8 Å². The average Bonchev–Trinajstić information content (AvgIpc) is 3.37. The fraction of sp³-hybridized carbons (Fsp3) is 0.214. The summed E-state index contributed by atoms with van der Waals surface area (Å²) in [5, 5.41) is 14.8. The summed E-state index contributed by atoms with van der Waals surface area (Å²) in [6.45, 7) is 3.09. The Morgan fingerprint density at radius 2 is 1.85 bits per heavy atom. The number of aryl methyl sites for hydroxylation is 2. The first-order chi connectivity index (χ1) is 19.0. The van der Waals surface area contributed by atoms with Gasteiger partial charge in [-0.2, -0.15) is 18.3 Å². The summed E-state index contributed by atoms with van der Waals surface area (Å²) >= 11 is 6.54. The lowest BCUT2D eigenvalue weighted by atomic mass is 10.1. The minimum absolute atomic E-state index is 0.0738. The van der Waals surface area contributed by atoms with E-state index >= 15 is 0 Å². The van der Waals surface area contributed by atoms with E-state index in [1.54, 1.807) is 42.2 Å². The van der Waals surface area contributed by atoms with E-state index in [4.69, 9.17) is 16.3 Å². The Kier molecular flexibility index (Phi) is 7.35. The lowest BCUT2D eigenvalue weighted by Gasteiger charge is -2.16. The van der Waals surface area contributed by atoms with Crippen LogP contribution < -0.4 is 10.3 Å². The molecule has 1 aromatic carbocycles. The summed E-state index contributed by atoms with van der Waals surface area (Å²) in [5.41, 5.74) is 1.51. The van der Waals surface area contributed by atoms with Crippen LogP contribution in [0.3, 0.4) is 0 Å². The Hall–Kier alpha value is -4.22. The molecule has 4 heterocycles. The van der Waals surface area contributed by atoms with Gasteiger partial charge in [0.2, 0.25) is 0 Å². The molecule has 12 heteroatoms. The minimum Gasteiger partial charge on any atom is -0.486 e. The van der Waals surface area contributed by atoms with Gasteiger partial charge in [0.05, 0.1) is 35.8 Å². The molecule has 0 radical (unpaired) electrons. The molecule has 0 bridgehead atoms. The van der Waals surface area contributed by atoms with Crippen molar-refractivity contribution in [3.63, 3.8) is 0 Å². The fourth-order valence-electron chi connectivity index (χ4n) is 4.40. The van der Waals surface area contributed by atoms with E-state index < -0.39 is 17.3 Å². The van der Waals surface area contributed by atoms with Crippen LogP contribution in [0.25, 0.3) is 16.6 Å². The van der Waals surface area contributed by atoms with Gasteiger partial charge in [0.25, 0.3) is 5.56 Å². The molecule has 8 nitrogen and oxygen atoms in total. The second kappa shape index (κ2) is 10.7. The summed E-state index contributed by atoms with van der Waals surface area (Å²) in [5.74, 6) is 0.441. The maximum atomic E-state index is 13.3. The zero-order valence-electron chi connectivity index (χ0n) is 21.4. The summed E-state index contributed by atoms with van der Waals surface area (Å²) in [6.07, 6.45) is -0.207. The number of nitrogens with zero attached hydrogens (tertiary/aromatic N) is 5. The molecule has 0 atom stereocenters. The van der Waals surface area contributed by atoms with Gasteiger partial charge in [-0.05, 0) is 44.2 Å². The zero-order chi connectivity index (χ0) is 28.6. The van der Waals surface area contributed by atoms with Crippen LogP contribution in [0.1, 0.15) is 33.8 Å². The molecule has 40 heavy (non-hydrogen) atoms. The number of hydrogen-bond donors (Lipinski definition) is 1. The number of benzene rings is 1. The average molecular weight is 570 g/mol. The third-order valence-electron chi connectivity index (χ3n) is 6.28. The summed E-state index contributed by atoms with van der Waals surface area (Å²) in [6, 6.07) is 10.8. The molecule has 1 N–H and O–H groups in total. The third-order valence-corrected chi connectivity index (χ3v) is 6.61. The molecule has 5 rings (SSSR count). The van der Waals surface area contributed by atoms with Crippen molar-refractivity contribution in [2.75, 3.05) is 0 Å². The van der Waals surface area contributed by atoms with E-state index in [0.717, 1.165) is 21.7 Å². The first-order valence-electron chi connectivity index (χ1n) is 12.1. The second-order valence-electron chi connectivity index (χ2n) is 9.20. The highest BCUT2D eigenvalue weighted by atomic mass is 35.5. The van der Waals surface area contributed by atoms with Crippen molar-refractivity contribution >= 4 is 22.5 Å². The normalized spacial score (nSPS) is 11.8. The van der Waals surface area contributed by atoms with E-state index in [0.29, 0.717) is 44.5 Å². The number of aliphatic hydroxyl groups excluding tert-OH is 1. The van der Waals surface area contributed by atoms with Crippen LogP contribution in [-0.4, -0.2) is 29.4 Å². The molecule has 0 amide bonds. The Morgan fingerprint density at radius 3 is 2.58 bits per heavy atom. The standard InChI is InChI=1S/C28H23ClF3N5O3/c1-16-9-22(29)20(23(34-16)13-36-8-4-6-21(27(36)39)28(30,31)32)15-40-25-7-3-5-19-24(10-17(2)35-26(19)25)37-12-18(14-38)11-33-37/h3-12,38H,13-15H2,1-2H3. The van der Waals surface area contributed by atoms with Gasteiger partial charge in [-0.3, -0.25) is 9.78 Å². The number of ether oxygens (including phenoxy) is 1. The number of aromatic nitrogens is 5. The molecule has 0 aliphatic carbocycles. The van der Waals surface area contributed by atoms with Gasteiger partial charge in [0.15, 0.2) is 0 Å². The molecule has 0 aliphatic rings. The van der Waals surface area contributed by atoms with E-state index in [1.165, 1.54) is 12.3 Å². The Bertz CT molecular complexity index is 1780. The molecule has 206 valence electrons. The number of aliphatic hydroxyl groups is 1. The molecule has 4 aromatic heterocycles. The second-order valence-corrected chi connectivity index (χ2v) is 9.61. The smallest absolute Gasteiger partial charge is 0.421 e. The van der Waals surface area contributed by atoms with Crippen molar-refractivity contribution in [3.8, 4) is 11.4 Å². The first-order valence-corrected chi connectivity index (χ1v) is 12.5. The Morgan fingerprint density at radius 1 is 1.07 bits per heavy atom. The quantitative estimate of drug-likeness (QED) is 0.283. The van der Waals surface area contributed by atoms with Crippen LogP contribution in [0.4, 0.5) is 13.2 Å². The maximum absolute atomic E-state index is 13.3. The molecule has 0 saturated carbocycles. The largest absolute Gasteiger partial charge is 0.486 e. The van der Waals surface area contributed by atoms with Crippen LogP contribution in [0.5, 0.6) is 5.75 Å². The van der Waals surface area contributed by atoms with Crippen LogP contribution in [0.2, 0.25) is 5.02 Å². The van der Waals surface area contributed by atoms with Gasteiger partial charge in [-0.15, -0.1) is 0 Å². The van der Waals surface area contributed by atoms with Gasteiger partial charge < -0.3 is 14.4 Å². The van der Waals surface area contributed by atoms with Crippen LogP contribution in [0.15, 0.2) is 65.8 Å². The van der Waals surface area contributed by atoms with E-state index in [9.17, 15) is 23.1 Å². The predicted octanol–water partition coefficient (Wildman–Crippen LogP) is 5.39. The third kappa shape index (κ3) is 5.43. The SMILES string of the molecule is Cc1cc(Cl)c(COc2cccc3c(-n4cc(CO)cn4)cc(C)nc23)c(Cn2cccc(C(F)(F)F)c2=O)n1. The summed E-state index contributed by atoms with van der Waals surface area (Å²) in [7, 11) is 0. The lowest BCUT2D eigenvalue weighted by molar-refractivity contribution is -0.138. The number of fused-ring (bicyclic) bond motifs is 1. The van der Waals surface area contributed by atoms with Crippen molar-refractivity contribution in [3.05, 3.63) is 110 Å². The summed E-state index contributed by atoms with van der Waals surface area (Å²) < 4.78 is 48.7. The molecule has 0 fully saturated rings. The summed E-state index contributed by atoms with van der Waals surface area (Å²) in [4.78, 5) is 21.7. The molecule has 0 spiro atoms. The van der Waals surface area contributed by atoms with E-state index in [2.05, 4.69) is 15.1 Å². The molecular weight excluding hydrogens is 547 g/mol. The predicted molar refractivity (Wildman–Crippen MR) is 143 cm³/mol. The van der Waals surface area contributed by atoms with Crippen LogP contribution >= 0.6 is 11.6 Å². The van der Waals surface area contributed by atoms with Gasteiger partial charge in [0.1, 0.15) is 23.4 Å². The van der Waals surface area contributed by atoms with Gasteiger partial charge in [-0.1, -0.05) is 23.7 Å². The highest BCUT2D eigenvalue weighted by Gasteiger charge is 2.34. The number of para-hydroxylation sites is 1.